The Morgan fingerprint density at radius 2 is 1.74 bits per heavy atom. The van der Waals surface area contributed by atoms with Crippen LogP contribution in [0.25, 0.3) is 4.85 Å². The fourth-order valence-electron chi connectivity index (χ4n) is 3.81. The molecule has 3 rings (SSSR count). The van der Waals surface area contributed by atoms with Gasteiger partial charge in [0.05, 0.1) is 12.7 Å². The molecular weight excluding hydrogens is 338 g/mol. The van der Waals surface area contributed by atoms with E-state index in [0.29, 0.717) is 30.7 Å². The average molecular weight is 363 g/mol. The van der Waals surface area contributed by atoms with Gasteiger partial charge in [-0.3, -0.25) is 15.4 Å². The van der Waals surface area contributed by atoms with Gasteiger partial charge in [-0.15, -0.1) is 0 Å². The topological polar surface area (TPSA) is 68.7 Å². The molecule has 1 amide bonds. The minimum Gasteiger partial charge on any atom is -0.496 e. The van der Waals surface area contributed by atoms with Gasteiger partial charge in [-0.2, -0.15) is 0 Å². The lowest BCUT2D eigenvalue weighted by molar-refractivity contribution is 0.0929. The summed E-state index contributed by atoms with van der Waals surface area (Å²) in [5, 5.41) is 3.09. The van der Waals surface area contributed by atoms with Crippen LogP contribution in [0.1, 0.15) is 41.6 Å². The Balaban J connectivity index is 1.81. The molecule has 5 nitrogen and oxygen atoms in total. The fraction of sp³-hybridized carbons (Fsp3) is 0.364. The largest absolute Gasteiger partial charge is 0.496 e. The van der Waals surface area contributed by atoms with Crippen molar-refractivity contribution in [3.8, 4) is 5.75 Å². The molecule has 0 unspecified atom stereocenters. The maximum absolute atomic E-state index is 12.8. The lowest BCUT2D eigenvalue weighted by atomic mass is 9.66. The molecule has 0 radical (unpaired) electrons. The molecular formula is C22H25N3O2. The third-order valence-electron chi connectivity index (χ3n) is 5.62. The van der Waals surface area contributed by atoms with Crippen LogP contribution in [0.15, 0.2) is 54.6 Å². The number of amides is 1. The van der Waals surface area contributed by atoms with Gasteiger partial charge in [0.2, 0.25) is 0 Å². The van der Waals surface area contributed by atoms with Crippen LogP contribution in [0.4, 0.5) is 0 Å². The lowest BCUT2D eigenvalue weighted by Gasteiger charge is -2.40. The van der Waals surface area contributed by atoms with Gasteiger partial charge >= 0.3 is 0 Å². The van der Waals surface area contributed by atoms with E-state index in [0.717, 1.165) is 12.8 Å². The highest BCUT2D eigenvalue weighted by atomic mass is 16.5. The number of nitrogens with zero attached hydrogens (tertiary/aromatic N) is 1. The molecule has 1 fully saturated rings. The summed E-state index contributed by atoms with van der Waals surface area (Å²) in [4.78, 5) is 16.4. The van der Waals surface area contributed by atoms with Crippen LogP contribution < -0.4 is 15.8 Å². The van der Waals surface area contributed by atoms with Gasteiger partial charge < -0.3 is 10.1 Å². The number of para-hydroxylation sites is 1. The number of hydrogen-bond donors (Lipinski definition) is 2. The second kappa shape index (κ2) is 7.81. The van der Waals surface area contributed by atoms with E-state index < -0.39 is 5.66 Å². The molecule has 2 aromatic carbocycles. The van der Waals surface area contributed by atoms with Crippen LogP contribution in [-0.4, -0.2) is 25.2 Å². The van der Waals surface area contributed by atoms with Crippen molar-refractivity contribution in [2.24, 2.45) is 5.73 Å². The molecule has 0 atom stereocenters. The smallest absolute Gasteiger partial charge is 0.283 e. The Kier molecular flexibility index (Phi) is 5.48. The van der Waals surface area contributed by atoms with Gasteiger partial charge in [0, 0.05) is 24.8 Å². The van der Waals surface area contributed by atoms with E-state index in [1.165, 1.54) is 5.56 Å². The summed E-state index contributed by atoms with van der Waals surface area (Å²) < 4.78 is 5.30. The minimum atomic E-state index is -0.787. The predicted molar refractivity (Wildman–Crippen MR) is 105 cm³/mol. The molecule has 0 bridgehead atoms. The zero-order valence-corrected chi connectivity index (χ0v) is 15.6. The van der Waals surface area contributed by atoms with Crippen molar-refractivity contribution in [2.45, 2.75) is 36.8 Å². The summed E-state index contributed by atoms with van der Waals surface area (Å²) in [7, 11) is 1.56. The maximum Gasteiger partial charge on any atom is 0.283 e. The predicted octanol–water partition coefficient (Wildman–Crippen LogP) is 3.51. The van der Waals surface area contributed by atoms with Crippen LogP contribution in [0.2, 0.25) is 0 Å². The van der Waals surface area contributed by atoms with E-state index in [-0.39, 0.29) is 11.3 Å². The zero-order valence-electron chi connectivity index (χ0n) is 15.6. The number of rotatable bonds is 5. The number of carbonyl (C=O) groups is 1. The molecule has 5 heteroatoms. The average Bonchev–Trinajstić information content (AvgIpc) is 2.74. The number of hydrogen-bond acceptors (Lipinski definition) is 3. The van der Waals surface area contributed by atoms with E-state index in [9.17, 15) is 4.79 Å². The highest BCUT2D eigenvalue weighted by Gasteiger charge is 2.45. The molecule has 0 spiro atoms. The van der Waals surface area contributed by atoms with Crippen molar-refractivity contribution in [1.82, 2.24) is 5.32 Å². The summed E-state index contributed by atoms with van der Waals surface area (Å²) in [5.74, 6) is 0.402. The highest BCUT2D eigenvalue weighted by Crippen LogP contribution is 2.42. The first kappa shape index (κ1) is 18.9. The van der Waals surface area contributed by atoms with Gasteiger partial charge in [0.1, 0.15) is 5.75 Å². The first-order chi connectivity index (χ1) is 13.0. The van der Waals surface area contributed by atoms with E-state index >= 15 is 0 Å². The number of carbonyl (C=O) groups excluding carboxylic acids is 1. The number of methoxy groups -OCH3 is 1. The van der Waals surface area contributed by atoms with Crippen molar-refractivity contribution >= 4 is 5.91 Å². The summed E-state index contributed by atoms with van der Waals surface area (Å²) in [6.45, 7) is 7.87. The van der Waals surface area contributed by atoms with Gasteiger partial charge in [-0.25, -0.2) is 6.57 Å². The number of ether oxygens (including phenoxy) is 1. The van der Waals surface area contributed by atoms with Gasteiger partial charge in [0.25, 0.3) is 11.6 Å². The molecule has 0 aliphatic heterocycles. The molecule has 1 aliphatic rings. The number of nitrogens with two attached hydrogens (primary N) is 1. The quantitative estimate of drug-likeness (QED) is 0.799. The molecule has 3 N–H and O–H groups in total. The second-order valence-electron chi connectivity index (χ2n) is 7.24. The third-order valence-corrected chi connectivity index (χ3v) is 5.62. The summed E-state index contributed by atoms with van der Waals surface area (Å²) in [6.07, 6.45) is 2.77. The number of benzene rings is 2. The van der Waals surface area contributed by atoms with E-state index in [1.54, 1.807) is 19.2 Å². The van der Waals surface area contributed by atoms with Gasteiger partial charge in [-0.1, -0.05) is 42.5 Å². The molecule has 140 valence electrons. The monoisotopic (exact) mass is 363 g/mol. The Bertz CT molecular complexity index is 834. The summed E-state index contributed by atoms with van der Waals surface area (Å²) in [6, 6.07) is 17.4. The minimum absolute atomic E-state index is 0.155. The Morgan fingerprint density at radius 3 is 2.37 bits per heavy atom. The molecule has 2 aromatic rings. The van der Waals surface area contributed by atoms with Crippen molar-refractivity contribution in [2.75, 3.05) is 13.7 Å². The lowest BCUT2D eigenvalue weighted by Crippen LogP contribution is -2.49. The van der Waals surface area contributed by atoms with E-state index in [2.05, 4.69) is 22.3 Å². The van der Waals surface area contributed by atoms with Crippen molar-refractivity contribution < 1.29 is 9.53 Å². The summed E-state index contributed by atoms with van der Waals surface area (Å²) in [5.41, 5.74) is 6.88. The van der Waals surface area contributed by atoms with Crippen molar-refractivity contribution in [1.29, 1.82) is 0 Å². The van der Waals surface area contributed by atoms with Gasteiger partial charge in [0.15, 0.2) is 0 Å². The normalized spacial score (nSPS) is 24.6. The standard InChI is InChI=1S/C22H25N3O2/c1-24-22(23)14-12-21(13-15-22,17-8-4-3-5-9-17)16-25-20(26)18-10-6-7-11-19(18)27-2/h3-11H,12-16,23H2,2H3,(H,25,26). The van der Waals surface area contributed by atoms with E-state index in [4.69, 9.17) is 17.0 Å². The molecule has 27 heavy (non-hydrogen) atoms. The first-order valence-corrected chi connectivity index (χ1v) is 9.16. The second-order valence-corrected chi connectivity index (χ2v) is 7.24. The Hall–Kier alpha value is -2.84. The maximum atomic E-state index is 12.8. The molecule has 0 aromatic heterocycles. The molecule has 1 aliphatic carbocycles. The van der Waals surface area contributed by atoms with E-state index in [1.807, 2.05) is 30.3 Å². The van der Waals surface area contributed by atoms with Crippen LogP contribution in [0, 0.1) is 6.57 Å². The van der Waals surface area contributed by atoms with Gasteiger partial charge in [-0.05, 0) is 30.5 Å². The van der Waals surface area contributed by atoms with Crippen molar-refractivity contribution in [3.63, 3.8) is 0 Å². The first-order valence-electron chi connectivity index (χ1n) is 9.16. The van der Waals surface area contributed by atoms with Crippen LogP contribution in [-0.2, 0) is 5.41 Å². The highest BCUT2D eigenvalue weighted by molar-refractivity contribution is 5.96. The SMILES string of the molecule is [C-]#[N+]C1(N)CCC(CNC(=O)c2ccccc2OC)(c2ccccc2)CC1. The number of nitrogens with one attached hydrogen (secondary N) is 1. The Morgan fingerprint density at radius 1 is 1.11 bits per heavy atom. The van der Waals surface area contributed by atoms with Crippen LogP contribution >= 0.6 is 0 Å². The van der Waals surface area contributed by atoms with Crippen LogP contribution in [0.5, 0.6) is 5.75 Å². The zero-order chi connectivity index (χ0) is 19.3. The molecule has 0 heterocycles. The fourth-order valence-corrected chi connectivity index (χ4v) is 3.81. The van der Waals surface area contributed by atoms with Crippen LogP contribution in [0.3, 0.4) is 0 Å². The Labute approximate surface area is 160 Å². The molecule has 1 saturated carbocycles. The third kappa shape index (κ3) is 3.96. The summed E-state index contributed by atoms with van der Waals surface area (Å²) >= 11 is 0. The molecule has 0 saturated heterocycles. The van der Waals surface area contributed by atoms with Crippen molar-refractivity contribution in [3.05, 3.63) is 77.1 Å².